The third-order valence-electron chi connectivity index (χ3n) is 4.82. The van der Waals surface area contributed by atoms with E-state index in [1.165, 1.54) is 30.8 Å². The van der Waals surface area contributed by atoms with Crippen LogP contribution >= 0.6 is 0 Å². The van der Waals surface area contributed by atoms with Crippen LogP contribution in [0.25, 0.3) is 0 Å². The normalized spacial score (nSPS) is 16.4. The van der Waals surface area contributed by atoms with Gasteiger partial charge in [0.05, 0.1) is 6.21 Å². The van der Waals surface area contributed by atoms with Crippen molar-refractivity contribution in [3.05, 3.63) is 58.9 Å². The van der Waals surface area contributed by atoms with Crippen LogP contribution in [0, 0.1) is 17.7 Å². The van der Waals surface area contributed by atoms with Crippen LogP contribution in [-0.2, 0) is 0 Å². The maximum absolute atomic E-state index is 14.0. The molecule has 27 heavy (non-hydrogen) atoms. The predicted octanol–water partition coefficient (Wildman–Crippen LogP) is 3.62. The first-order valence-corrected chi connectivity index (χ1v) is 9.37. The third-order valence-corrected chi connectivity index (χ3v) is 4.82. The number of hydrazone groups is 1. The predicted molar refractivity (Wildman–Crippen MR) is 106 cm³/mol. The van der Waals surface area contributed by atoms with E-state index in [9.17, 15) is 9.50 Å². The minimum atomic E-state index is -0.695. The minimum absolute atomic E-state index is 0.317. The Morgan fingerprint density at radius 3 is 2.48 bits per heavy atom. The van der Waals surface area contributed by atoms with Crippen molar-refractivity contribution >= 4 is 11.9 Å². The van der Waals surface area contributed by atoms with Gasteiger partial charge in [0.1, 0.15) is 0 Å². The molecule has 0 aromatic heterocycles. The highest BCUT2D eigenvalue weighted by Crippen LogP contribution is 2.23. The van der Waals surface area contributed by atoms with Gasteiger partial charge >= 0.3 is 0 Å². The van der Waals surface area contributed by atoms with Crippen molar-refractivity contribution in [2.75, 3.05) is 18.0 Å². The summed E-state index contributed by atoms with van der Waals surface area (Å²) >= 11 is 0. The van der Waals surface area contributed by atoms with Crippen LogP contribution in [0.1, 0.15) is 42.4 Å². The fourth-order valence-electron chi connectivity index (χ4n) is 3.09. The maximum atomic E-state index is 14.0. The van der Waals surface area contributed by atoms with Gasteiger partial charge in [-0.2, -0.15) is 5.10 Å². The number of phenols is 1. The van der Waals surface area contributed by atoms with Crippen molar-refractivity contribution in [3.8, 4) is 17.6 Å². The molecule has 0 amide bonds. The van der Waals surface area contributed by atoms with E-state index in [-0.39, 0.29) is 0 Å². The number of hydrogen-bond acceptors (Lipinski definition) is 4. The van der Waals surface area contributed by atoms with Crippen LogP contribution in [0.3, 0.4) is 0 Å². The first-order chi connectivity index (χ1) is 13.2. The summed E-state index contributed by atoms with van der Waals surface area (Å²) in [4.78, 5) is 2.37. The first kappa shape index (κ1) is 17.4. The average Bonchev–Trinajstić information content (AvgIpc) is 3.34. The van der Waals surface area contributed by atoms with Crippen molar-refractivity contribution in [3.63, 3.8) is 0 Å². The molecule has 0 unspecified atom stereocenters. The Morgan fingerprint density at radius 2 is 1.78 bits per heavy atom. The minimum Gasteiger partial charge on any atom is -0.504 e. The monoisotopic (exact) mass is 363 g/mol. The van der Waals surface area contributed by atoms with Gasteiger partial charge in [-0.1, -0.05) is 11.8 Å². The number of nitrogens with zero attached hydrogens (tertiary/aromatic N) is 2. The summed E-state index contributed by atoms with van der Waals surface area (Å²) in [5.41, 5.74) is 5.86. The molecule has 2 aliphatic rings. The smallest absolute Gasteiger partial charge is 0.166 e. The van der Waals surface area contributed by atoms with E-state index in [1.807, 2.05) is 12.1 Å². The summed E-state index contributed by atoms with van der Waals surface area (Å²) in [6.45, 7) is 2.22. The highest BCUT2D eigenvalue weighted by atomic mass is 19.1. The molecule has 0 radical (unpaired) electrons. The molecule has 4 nitrogen and oxygen atoms in total. The number of nitrogens with one attached hydrogen (secondary N) is 1. The molecule has 0 atom stereocenters. The number of rotatable bonds is 4. The molecule has 2 N–H and O–H groups in total. The highest BCUT2D eigenvalue weighted by molar-refractivity contribution is 5.84. The second kappa shape index (κ2) is 7.71. The van der Waals surface area contributed by atoms with Gasteiger partial charge in [0, 0.05) is 41.5 Å². The molecule has 1 saturated heterocycles. The van der Waals surface area contributed by atoms with Gasteiger partial charge < -0.3 is 15.4 Å². The number of hydrogen-bond donors (Lipinski definition) is 2. The van der Waals surface area contributed by atoms with E-state index in [0.717, 1.165) is 31.5 Å². The fourth-order valence-corrected chi connectivity index (χ4v) is 3.09. The fraction of sp³-hybridized carbons (Fsp3) is 0.318. The quantitative estimate of drug-likeness (QED) is 0.496. The van der Waals surface area contributed by atoms with Crippen LogP contribution in [-0.4, -0.2) is 30.5 Å². The Hall–Kier alpha value is -3.00. The van der Waals surface area contributed by atoms with Gasteiger partial charge in [-0.25, -0.2) is 4.39 Å². The lowest BCUT2D eigenvalue weighted by molar-refractivity contribution is 0.431. The summed E-state index contributed by atoms with van der Waals surface area (Å²) in [7, 11) is 0. The van der Waals surface area contributed by atoms with Gasteiger partial charge in [0.25, 0.3) is 0 Å². The molecule has 1 aliphatic carbocycles. The topological polar surface area (TPSA) is 47.9 Å². The first-order valence-electron chi connectivity index (χ1n) is 9.37. The van der Waals surface area contributed by atoms with Gasteiger partial charge in [0.2, 0.25) is 0 Å². The van der Waals surface area contributed by atoms with E-state index in [2.05, 4.69) is 39.4 Å². The Bertz CT molecular complexity index is 902. The lowest BCUT2D eigenvalue weighted by Crippen LogP contribution is -2.17. The van der Waals surface area contributed by atoms with E-state index in [4.69, 9.17) is 0 Å². The van der Waals surface area contributed by atoms with Crippen molar-refractivity contribution in [2.24, 2.45) is 5.10 Å². The second-order valence-corrected chi connectivity index (χ2v) is 7.05. The number of aromatic hydroxyl groups is 1. The van der Waals surface area contributed by atoms with E-state index in [1.54, 1.807) is 6.07 Å². The lowest BCUT2D eigenvalue weighted by Gasteiger charge is -2.17. The molecule has 2 aromatic rings. The van der Waals surface area contributed by atoms with Crippen LogP contribution in [0.4, 0.5) is 10.1 Å². The van der Waals surface area contributed by atoms with E-state index < -0.39 is 11.6 Å². The molecule has 5 heteroatoms. The summed E-state index contributed by atoms with van der Waals surface area (Å²) in [6.07, 6.45) is 6.12. The summed E-state index contributed by atoms with van der Waals surface area (Å²) in [5, 5.41) is 13.9. The molecule has 1 heterocycles. The Kier molecular flexibility index (Phi) is 4.97. The third kappa shape index (κ3) is 4.40. The zero-order valence-electron chi connectivity index (χ0n) is 15.1. The molecular weight excluding hydrogens is 341 g/mol. The zero-order valence-corrected chi connectivity index (χ0v) is 15.1. The van der Waals surface area contributed by atoms with Crippen molar-refractivity contribution in [2.45, 2.75) is 31.7 Å². The lowest BCUT2D eigenvalue weighted by atomic mass is 10.1. The summed E-state index contributed by atoms with van der Waals surface area (Å²) < 4.78 is 14.0. The van der Waals surface area contributed by atoms with Crippen molar-refractivity contribution in [1.82, 2.24) is 5.43 Å². The van der Waals surface area contributed by atoms with Crippen molar-refractivity contribution in [1.29, 1.82) is 0 Å². The summed E-state index contributed by atoms with van der Waals surface area (Å²) in [6, 6.07) is 11.4. The maximum Gasteiger partial charge on any atom is 0.166 e. The molecule has 2 aromatic carbocycles. The number of phenolic OH excluding ortho intramolecular Hbond substituents is 1. The molecule has 2 fully saturated rings. The largest absolute Gasteiger partial charge is 0.504 e. The SMILES string of the molecule is Oc1c(F)cc(C#Cc2ccc(N3CCCC3)cc2)cc1C=NNC1CC1. The van der Waals surface area contributed by atoms with E-state index >= 15 is 0 Å². The Morgan fingerprint density at radius 1 is 1.07 bits per heavy atom. The van der Waals surface area contributed by atoms with Crippen LogP contribution in [0.15, 0.2) is 41.5 Å². The zero-order chi connectivity index (χ0) is 18.6. The van der Waals surface area contributed by atoms with Crippen LogP contribution in [0.5, 0.6) is 5.75 Å². The Balaban J connectivity index is 1.50. The highest BCUT2D eigenvalue weighted by Gasteiger charge is 2.19. The molecular formula is C22H22FN3O. The molecule has 4 rings (SSSR count). The molecule has 0 bridgehead atoms. The van der Waals surface area contributed by atoms with Crippen LogP contribution < -0.4 is 10.3 Å². The van der Waals surface area contributed by atoms with Gasteiger partial charge in [-0.05, 0) is 62.1 Å². The van der Waals surface area contributed by atoms with Crippen molar-refractivity contribution < 1.29 is 9.50 Å². The average molecular weight is 363 g/mol. The number of anilines is 1. The molecule has 0 spiro atoms. The molecule has 1 saturated carbocycles. The number of halogens is 1. The summed E-state index contributed by atoms with van der Waals surface area (Å²) in [5.74, 6) is 4.93. The Labute approximate surface area is 158 Å². The van der Waals surface area contributed by atoms with Gasteiger partial charge in [-0.15, -0.1) is 0 Å². The standard InChI is InChI=1S/C22H22FN3O/c23-21-14-17(13-18(22(21)27)15-24-25-19-7-8-19)4-3-16-5-9-20(10-6-16)26-11-1-2-12-26/h5-6,9-10,13-15,19,25,27H,1-2,7-8,11-12H2. The molecule has 1 aliphatic heterocycles. The second-order valence-electron chi connectivity index (χ2n) is 7.05. The van der Waals surface area contributed by atoms with Gasteiger partial charge in [0.15, 0.2) is 11.6 Å². The number of benzene rings is 2. The molecule has 138 valence electrons. The van der Waals surface area contributed by atoms with E-state index in [0.29, 0.717) is 17.2 Å². The van der Waals surface area contributed by atoms with Crippen LogP contribution in [0.2, 0.25) is 0 Å². The van der Waals surface area contributed by atoms with Gasteiger partial charge in [-0.3, -0.25) is 0 Å².